The molecule has 0 aliphatic carbocycles. The lowest BCUT2D eigenvalue weighted by Crippen LogP contribution is -2.01. The highest BCUT2D eigenvalue weighted by Gasteiger charge is 2.12. The summed E-state index contributed by atoms with van der Waals surface area (Å²) in [5.41, 5.74) is 3.20. The molecule has 5 heteroatoms. The van der Waals surface area contributed by atoms with Crippen LogP contribution in [-0.4, -0.2) is 4.92 Å². The fourth-order valence-electron chi connectivity index (χ4n) is 2.04. The number of nitro groups is 1. The zero-order valence-corrected chi connectivity index (χ0v) is 11.7. The van der Waals surface area contributed by atoms with Crippen molar-refractivity contribution in [1.82, 2.24) is 0 Å². The van der Waals surface area contributed by atoms with Crippen LogP contribution in [0.15, 0.2) is 42.5 Å². The largest absolute Gasteiger partial charge is 0.381 e. The van der Waals surface area contributed by atoms with Crippen molar-refractivity contribution in [2.75, 3.05) is 5.32 Å². The van der Waals surface area contributed by atoms with E-state index in [9.17, 15) is 10.1 Å². The van der Waals surface area contributed by atoms with Gasteiger partial charge < -0.3 is 5.32 Å². The van der Waals surface area contributed by atoms with Gasteiger partial charge in [-0.15, -0.1) is 0 Å². The summed E-state index contributed by atoms with van der Waals surface area (Å²) in [5, 5.41) is 22.9. The predicted octanol–water partition coefficient (Wildman–Crippen LogP) is 3.64. The standard InChI is InChI=1S/C16H15N3O2/c1-2-14-7-8-15(9-16(14)19(20)21)18-11-13-5-3-12(10-17)4-6-13/h3-9,18H,2,11H2,1H3. The molecule has 0 heterocycles. The minimum Gasteiger partial charge on any atom is -0.381 e. The van der Waals surface area contributed by atoms with Gasteiger partial charge in [-0.1, -0.05) is 25.1 Å². The summed E-state index contributed by atoms with van der Waals surface area (Å²) in [5.74, 6) is 0. The number of benzene rings is 2. The molecule has 0 spiro atoms. The van der Waals surface area contributed by atoms with Crippen LogP contribution in [0.5, 0.6) is 0 Å². The van der Waals surface area contributed by atoms with Crippen molar-refractivity contribution in [1.29, 1.82) is 5.26 Å². The predicted molar refractivity (Wildman–Crippen MR) is 81.0 cm³/mol. The van der Waals surface area contributed by atoms with Crippen LogP contribution in [0.2, 0.25) is 0 Å². The summed E-state index contributed by atoms with van der Waals surface area (Å²) in [6.07, 6.45) is 0.631. The zero-order valence-electron chi connectivity index (χ0n) is 11.7. The lowest BCUT2D eigenvalue weighted by atomic mass is 10.1. The van der Waals surface area contributed by atoms with E-state index >= 15 is 0 Å². The van der Waals surface area contributed by atoms with Crippen molar-refractivity contribution in [3.05, 3.63) is 69.3 Å². The third-order valence-corrected chi connectivity index (χ3v) is 3.24. The number of nitriles is 1. The molecule has 2 rings (SSSR count). The Kier molecular flexibility index (Phi) is 4.52. The Bertz CT molecular complexity index is 688. The van der Waals surface area contributed by atoms with Gasteiger partial charge in [0, 0.05) is 23.9 Å². The average Bonchev–Trinajstić information content (AvgIpc) is 2.53. The maximum atomic E-state index is 11.0. The summed E-state index contributed by atoms with van der Waals surface area (Å²) >= 11 is 0. The second-order valence-electron chi connectivity index (χ2n) is 4.62. The van der Waals surface area contributed by atoms with E-state index in [0.717, 1.165) is 11.1 Å². The Hall–Kier alpha value is -2.87. The van der Waals surface area contributed by atoms with Gasteiger partial charge in [0.25, 0.3) is 5.69 Å². The fourth-order valence-corrected chi connectivity index (χ4v) is 2.04. The Morgan fingerprint density at radius 2 is 1.95 bits per heavy atom. The quantitative estimate of drug-likeness (QED) is 0.670. The van der Waals surface area contributed by atoms with Crippen LogP contribution in [0.1, 0.15) is 23.6 Å². The first-order valence-electron chi connectivity index (χ1n) is 6.64. The van der Waals surface area contributed by atoms with Crippen LogP contribution in [-0.2, 0) is 13.0 Å². The van der Waals surface area contributed by atoms with Gasteiger partial charge in [-0.3, -0.25) is 10.1 Å². The highest BCUT2D eigenvalue weighted by atomic mass is 16.6. The molecule has 0 aliphatic heterocycles. The number of aryl methyl sites for hydroxylation is 1. The molecule has 0 atom stereocenters. The molecule has 2 aromatic rings. The van der Waals surface area contributed by atoms with Gasteiger partial charge in [0.15, 0.2) is 0 Å². The van der Waals surface area contributed by atoms with Gasteiger partial charge in [-0.05, 0) is 30.2 Å². The number of hydrogen-bond donors (Lipinski definition) is 1. The first-order valence-corrected chi connectivity index (χ1v) is 6.64. The highest BCUT2D eigenvalue weighted by Crippen LogP contribution is 2.24. The van der Waals surface area contributed by atoms with E-state index in [2.05, 4.69) is 11.4 Å². The third kappa shape index (κ3) is 3.57. The van der Waals surface area contributed by atoms with Crippen LogP contribution < -0.4 is 5.32 Å². The molecule has 0 saturated carbocycles. The number of nitro benzene ring substituents is 1. The molecule has 21 heavy (non-hydrogen) atoms. The van der Waals surface area contributed by atoms with Crippen molar-refractivity contribution in [3.63, 3.8) is 0 Å². The Morgan fingerprint density at radius 3 is 2.52 bits per heavy atom. The van der Waals surface area contributed by atoms with Crippen LogP contribution in [0, 0.1) is 21.4 Å². The van der Waals surface area contributed by atoms with Crippen LogP contribution in [0.3, 0.4) is 0 Å². The maximum absolute atomic E-state index is 11.0. The van der Waals surface area contributed by atoms with E-state index < -0.39 is 0 Å². The molecular weight excluding hydrogens is 266 g/mol. The van der Waals surface area contributed by atoms with Crippen LogP contribution in [0.25, 0.3) is 0 Å². The minimum atomic E-state index is -0.355. The van der Waals surface area contributed by atoms with Gasteiger partial charge in [-0.25, -0.2) is 0 Å². The zero-order chi connectivity index (χ0) is 15.2. The van der Waals surface area contributed by atoms with Crippen molar-refractivity contribution in [2.24, 2.45) is 0 Å². The number of rotatable bonds is 5. The number of nitrogens with one attached hydrogen (secondary N) is 1. The molecule has 0 fully saturated rings. The number of nitrogens with zero attached hydrogens (tertiary/aromatic N) is 2. The molecule has 106 valence electrons. The van der Waals surface area contributed by atoms with Gasteiger partial charge in [0.1, 0.15) is 0 Å². The molecule has 2 aromatic carbocycles. The van der Waals surface area contributed by atoms with E-state index in [4.69, 9.17) is 5.26 Å². The fraction of sp³-hybridized carbons (Fsp3) is 0.188. The third-order valence-electron chi connectivity index (χ3n) is 3.24. The maximum Gasteiger partial charge on any atom is 0.274 e. The van der Waals surface area contributed by atoms with Crippen molar-refractivity contribution in [3.8, 4) is 6.07 Å². The summed E-state index contributed by atoms with van der Waals surface area (Å²) < 4.78 is 0. The normalized spacial score (nSPS) is 9.90. The summed E-state index contributed by atoms with van der Waals surface area (Å²) in [7, 11) is 0. The van der Waals surface area contributed by atoms with Crippen molar-refractivity contribution >= 4 is 11.4 Å². The lowest BCUT2D eigenvalue weighted by Gasteiger charge is -2.08. The first-order chi connectivity index (χ1) is 10.1. The van der Waals surface area contributed by atoms with Gasteiger partial charge in [0.05, 0.1) is 16.6 Å². The molecule has 0 bridgehead atoms. The highest BCUT2D eigenvalue weighted by molar-refractivity contribution is 5.55. The number of anilines is 1. The Morgan fingerprint density at radius 1 is 1.24 bits per heavy atom. The van der Waals surface area contributed by atoms with E-state index in [0.29, 0.717) is 24.2 Å². The first kappa shape index (κ1) is 14.5. The SMILES string of the molecule is CCc1ccc(NCc2ccc(C#N)cc2)cc1[N+](=O)[O-]. The summed E-state index contributed by atoms with van der Waals surface area (Å²) in [6.45, 7) is 2.44. The van der Waals surface area contributed by atoms with E-state index in [1.807, 2.05) is 25.1 Å². The van der Waals surface area contributed by atoms with Crippen LogP contribution in [0.4, 0.5) is 11.4 Å². The second-order valence-corrected chi connectivity index (χ2v) is 4.62. The average molecular weight is 281 g/mol. The van der Waals surface area contributed by atoms with E-state index in [1.54, 1.807) is 24.3 Å². The molecule has 0 radical (unpaired) electrons. The molecule has 0 aromatic heterocycles. The number of hydrogen-bond acceptors (Lipinski definition) is 4. The van der Waals surface area contributed by atoms with Crippen molar-refractivity contribution < 1.29 is 4.92 Å². The molecule has 0 unspecified atom stereocenters. The molecule has 0 aliphatic rings. The lowest BCUT2D eigenvalue weighted by molar-refractivity contribution is -0.385. The Balaban J connectivity index is 2.11. The van der Waals surface area contributed by atoms with Gasteiger partial charge >= 0.3 is 0 Å². The summed E-state index contributed by atoms with van der Waals surface area (Å²) in [6, 6.07) is 14.5. The monoisotopic (exact) mass is 281 g/mol. The van der Waals surface area contributed by atoms with E-state index in [-0.39, 0.29) is 10.6 Å². The molecule has 0 saturated heterocycles. The molecule has 1 N–H and O–H groups in total. The topological polar surface area (TPSA) is 79.0 Å². The van der Waals surface area contributed by atoms with Gasteiger partial charge in [0.2, 0.25) is 0 Å². The molecule has 5 nitrogen and oxygen atoms in total. The molecular formula is C16H15N3O2. The van der Waals surface area contributed by atoms with Crippen molar-refractivity contribution in [2.45, 2.75) is 19.9 Å². The van der Waals surface area contributed by atoms with Gasteiger partial charge in [-0.2, -0.15) is 5.26 Å². The van der Waals surface area contributed by atoms with E-state index in [1.165, 1.54) is 0 Å². The Labute approximate surface area is 123 Å². The summed E-state index contributed by atoms with van der Waals surface area (Å²) in [4.78, 5) is 10.7. The smallest absolute Gasteiger partial charge is 0.274 e. The van der Waals surface area contributed by atoms with Crippen LogP contribution >= 0.6 is 0 Å². The molecule has 0 amide bonds. The second kappa shape index (κ2) is 6.53. The minimum absolute atomic E-state index is 0.141.